The number of carbonyl (C=O) groups is 2. The highest BCUT2D eigenvalue weighted by atomic mass is 79.9. The van der Waals surface area contributed by atoms with Crippen LogP contribution in [-0.4, -0.2) is 23.6 Å². The number of hydrogen-bond acceptors (Lipinski definition) is 2. The maximum absolute atomic E-state index is 13.8. The maximum Gasteiger partial charge on any atom is 0.251 e. The molecular weight excluding hydrogens is 349 g/mol. The molecule has 1 N–H and O–H groups in total. The fourth-order valence-corrected chi connectivity index (χ4v) is 3.22. The number of halogens is 2. The largest absolute Gasteiger partial charge is 0.352 e. The Morgan fingerprint density at radius 3 is 2.59 bits per heavy atom. The summed E-state index contributed by atoms with van der Waals surface area (Å²) in [5.41, 5.74) is 0.267. The van der Waals surface area contributed by atoms with Crippen molar-refractivity contribution in [3.63, 3.8) is 0 Å². The van der Waals surface area contributed by atoms with Gasteiger partial charge in [0, 0.05) is 12.1 Å². The van der Waals surface area contributed by atoms with E-state index in [0.717, 1.165) is 12.5 Å². The van der Waals surface area contributed by atoms with Crippen LogP contribution in [0.2, 0.25) is 0 Å². The van der Waals surface area contributed by atoms with Gasteiger partial charge in [-0.3, -0.25) is 9.59 Å². The van der Waals surface area contributed by atoms with Gasteiger partial charge in [0.25, 0.3) is 5.91 Å². The Hall–Kier alpha value is -1.23. The zero-order valence-corrected chi connectivity index (χ0v) is 14.1. The number of amides is 1. The van der Waals surface area contributed by atoms with Crippen molar-refractivity contribution in [2.24, 2.45) is 5.92 Å². The summed E-state index contributed by atoms with van der Waals surface area (Å²) in [4.78, 5) is 23.5. The number of ketones is 1. The SMILES string of the molecule is O=C(NCCC1CCCCC1)c1ccc(C(=O)CBr)c(F)c1. The van der Waals surface area contributed by atoms with Crippen molar-refractivity contribution in [3.8, 4) is 0 Å². The highest BCUT2D eigenvalue weighted by Crippen LogP contribution is 2.25. The number of rotatable bonds is 6. The van der Waals surface area contributed by atoms with Crippen LogP contribution >= 0.6 is 15.9 Å². The van der Waals surface area contributed by atoms with Crippen LogP contribution in [0.3, 0.4) is 0 Å². The molecule has 0 aromatic heterocycles. The normalized spacial score (nSPS) is 15.5. The molecule has 0 radical (unpaired) electrons. The predicted molar refractivity (Wildman–Crippen MR) is 88.0 cm³/mol. The Bertz CT molecular complexity index is 541. The molecule has 22 heavy (non-hydrogen) atoms. The Balaban J connectivity index is 1.86. The summed E-state index contributed by atoms with van der Waals surface area (Å²) in [5, 5.41) is 2.90. The van der Waals surface area contributed by atoms with Crippen LogP contribution in [-0.2, 0) is 0 Å². The minimum Gasteiger partial charge on any atom is -0.352 e. The van der Waals surface area contributed by atoms with Gasteiger partial charge in [0.15, 0.2) is 5.78 Å². The summed E-state index contributed by atoms with van der Waals surface area (Å²) in [6, 6.07) is 4.00. The third-order valence-corrected chi connectivity index (χ3v) is 4.73. The van der Waals surface area contributed by atoms with E-state index in [-0.39, 0.29) is 28.1 Å². The van der Waals surface area contributed by atoms with Gasteiger partial charge in [-0.05, 0) is 30.5 Å². The molecule has 0 heterocycles. The molecule has 3 nitrogen and oxygen atoms in total. The van der Waals surface area contributed by atoms with E-state index in [9.17, 15) is 14.0 Å². The van der Waals surface area contributed by atoms with Crippen molar-refractivity contribution in [1.29, 1.82) is 0 Å². The second kappa shape index (κ2) is 8.42. The van der Waals surface area contributed by atoms with Gasteiger partial charge in [0.2, 0.25) is 0 Å². The number of hydrogen-bond donors (Lipinski definition) is 1. The lowest BCUT2D eigenvalue weighted by molar-refractivity contribution is 0.0947. The number of benzene rings is 1. The predicted octanol–water partition coefficient (Wildman–Crippen LogP) is 4.10. The highest BCUT2D eigenvalue weighted by Gasteiger charge is 2.15. The lowest BCUT2D eigenvalue weighted by atomic mass is 9.87. The topological polar surface area (TPSA) is 46.2 Å². The van der Waals surface area contributed by atoms with E-state index < -0.39 is 5.82 Å². The summed E-state index contributed by atoms with van der Waals surface area (Å²) in [6.07, 6.45) is 7.36. The van der Waals surface area contributed by atoms with Gasteiger partial charge < -0.3 is 5.32 Å². The van der Waals surface area contributed by atoms with Gasteiger partial charge in [-0.15, -0.1) is 0 Å². The van der Waals surface area contributed by atoms with Gasteiger partial charge in [-0.25, -0.2) is 4.39 Å². The van der Waals surface area contributed by atoms with Crippen LogP contribution in [0.4, 0.5) is 4.39 Å². The molecule has 0 unspecified atom stereocenters. The molecule has 1 amide bonds. The Morgan fingerprint density at radius 2 is 1.95 bits per heavy atom. The van der Waals surface area contributed by atoms with Crippen molar-refractivity contribution >= 4 is 27.6 Å². The molecule has 1 aromatic carbocycles. The Morgan fingerprint density at radius 1 is 1.23 bits per heavy atom. The lowest BCUT2D eigenvalue weighted by Crippen LogP contribution is -2.26. The standard InChI is InChI=1S/C17H21BrFNO2/c18-11-16(21)14-7-6-13(10-15(14)19)17(22)20-9-8-12-4-2-1-3-5-12/h6-7,10,12H,1-5,8-9,11H2,(H,20,22). The van der Waals surface area contributed by atoms with Gasteiger partial charge in [0.05, 0.1) is 10.9 Å². The van der Waals surface area contributed by atoms with Gasteiger partial charge in [-0.1, -0.05) is 48.0 Å². The molecule has 5 heteroatoms. The molecule has 1 saturated carbocycles. The van der Waals surface area contributed by atoms with Gasteiger partial charge in [0.1, 0.15) is 5.82 Å². The second-order valence-electron chi connectivity index (χ2n) is 5.80. The fourth-order valence-electron chi connectivity index (χ4n) is 2.92. The quantitative estimate of drug-likeness (QED) is 0.605. The first kappa shape index (κ1) is 17.1. The summed E-state index contributed by atoms with van der Waals surface area (Å²) in [5.74, 6) is -0.566. The van der Waals surface area contributed by atoms with Crippen LogP contribution in [0.1, 0.15) is 59.2 Å². The van der Waals surface area contributed by atoms with Crippen LogP contribution in [0.15, 0.2) is 18.2 Å². The molecule has 1 fully saturated rings. The van der Waals surface area contributed by atoms with Crippen molar-refractivity contribution in [2.75, 3.05) is 11.9 Å². The van der Waals surface area contributed by atoms with E-state index in [1.807, 2.05) is 0 Å². The molecule has 1 aliphatic rings. The summed E-state index contributed by atoms with van der Waals surface area (Å²) in [7, 11) is 0. The highest BCUT2D eigenvalue weighted by molar-refractivity contribution is 9.09. The third kappa shape index (κ3) is 4.63. The first-order valence-corrected chi connectivity index (χ1v) is 8.91. The summed E-state index contributed by atoms with van der Waals surface area (Å²) in [6.45, 7) is 0.618. The summed E-state index contributed by atoms with van der Waals surface area (Å²) < 4.78 is 13.8. The molecule has 0 aliphatic heterocycles. The number of carbonyl (C=O) groups excluding carboxylic acids is 2. The van der Waals surface area contributed by atoms with Crippen molar-refractivity contribution in [3.05, 3.63) is 35.1 Å². The van der Waals surface area contributed by atoms with Crippen molar-refractivity contribution < 1.29 is 14.0 Å². The van der Waals surface area contributed by atoms with Crippen LogP contribution < -0.4 is 5.32 Å². The molecule has 1 aliphatic carbocycles. The minimum absolute atomic E-state index is 0.00984. The van der Waals surface area contributed by atoms with E-state index in [0.29, 0.717) is 12.5 Å². The Kier molecular flexibility index (Phi) is 6.55. The summed E-state index contributed by atoms with van der Waals surface area (Å²) >= 11 is 3.01. The van der Waals surface area contributed by atoms with Crippen LogP contribution in [0.5, 0.6) is 0 Å². The first-order valence-electron chi connectivity index (χ1n) is 7.78. The monoisotopic (exact) mass is 369 g/mol. The average Bonchev–Trinajstić information content (AvgIpc) is 2.55. The third-order valence-electron chi connectivity index (χ3n) is 4.22. The van der Waals surface area contributed by atoms with E-state index in [1.165, 1.54) is 44.2 Å². The molecule has 0 saturated heterocycles. The smallest absolute Gasteiger partial charge is 0.251 e. The second-order valence-corrected chi connectivity index (χ2v) is 6.36. The van der Waals surface area contributed by atoms with Crippen LogP contribution in [0.25, 0.3) is 0 Å². The van der Waals surface area contributed by atoms with Crippen molar-refractivity contribution in [1.82, 2.24) is 5.32 Å². The molecule has 0 spiro atoms. The minimum atomic E-state index is -0.649. The molecule has 0 atom stereocenters. The van der Waals surface area contributed by atoms with E-state index in [4.69, 9.17) is 0 Å². The number of Topliss-reactive ketones (excluding diaryl/α,β-unsaturated/α-hetero) is 1. The van der Waals surface area contributed by atoms with E-state index in [2.05, 4.69) is 21.2 Å². The van der Waals surface area contributed by atoms with Gasteiger partial charge >= 0.3 is 0 Å². The van der Waals surface area contributed by atoms with Crippen molar-refractivity contribution in [2.45, 2.75) is 38.5 Å². The van der Waals surface area contributed by atoms with Crippen LogP contribution in [0, 0.1) is 11.7 Å². The first-order chi connectivity index (χ1) is 10.6. The fraction of sp³-hybridized carbons (Fsp3) is 0.529. The van der Waals surface area contributed by atoms with E-state index >= 15 is 0 Å². The molecule has 120 valence electrons. The number of nitrogens with one attached hydrogen (secondary N) is 1. The molecule has 0 bridgehead atoms. The maximum atomic E-state index is 13.8. The lowest BCUT2D eigenvalue weighted by Gasteiger charge is -2.21. The van der Waals surface area contributed by atoms with Gasteiger partial charge in [-0.2, -0.15) is 0 Å². The number of alkyl halides is 1. The average molecular weight is 370 g/mol. The zero-order chi connectivity index (χ0) is 15.9. The molecular formula is C17H21BrFNO2. The zero-order valence-electron chi connectivity index (χ0n) is 12.5. The molecule has 1 aromatic rings. The molecule has 2 rings (SSSR count). The Labute approximate surface area is 138 Å². The van der Waals surface area contributed by atoms with E-state index in [1.54, 1.807) is 0 Å².